The van der Waals surface area contributed by atoms with Gasteiger partial charge in [0.1, 0.15) is 11.4 Å². The zero-order valence-electron chi connectivity index (χ0n) is 11.3. The Hall–Kier alpha value is -2.88. The number of hydrogen-bond acceptors (Lipinski definition) is 3. The first-order valence-corrected chi connectivity index (χ1v) is 6.64. The summed E-state index contributed by atoms with van der Waals surface area (Å²) >= 11 is 0. The molecule has 0 saturated heterocycles. The Morgan fingerprint density at radius 2 is 1.90 bits per heavy atom. The summed E-state index contributed by atoms with van der Waals surface area (Å²) in [6.45, 7) is 0.441. The van der Waals surface area contributed by atoms with Gasteiger partial charge in [-0.1, -0.05) is 36.4 Å². The van der Waals surface area contributed by atoms with Gasteiger partial charge < -0.3 is 10.4 Å². The topological polar surface area (TPSA) is 62.2 Å². The minimum absolute atomic E-state index is 0.118. The molecule has 0 aliphatic rings. The Morgan fingerprint density at radius 3 is 2.71 bits per heavy atom. The second-order valence-electron chi connectivity index (χ2n) is 4.73. The van der Waals surface area contributed by atoms with Crippen LogP contribution in [-0.4, -0.2) is 16.0 Å². The highest BCUT2D eigenvalue weighted by Gasteiger charge is 2.11. The van der Waals surface area contributed by atoms with Gasteiger partial charge in [-0.05, 0) is 29.1 Å². The molecule has 0 aliphatic heterocycles. The maximum Gasteiger partial charge on any atom is 0.270 e. The molecule has 1 aromatic heterocycles. The van der Waals surface area contributed by atoms with Crippen molar-refractivity contribution in [1.82, 2.24) is 10.3 Å². The van der Waals surface area contributed by atoms with Crippen LogP contribution in [0.4, 0.5) is 0 Å². The fraction of sp³-hybridized carbons (Fsp3) is 0.0588. The molecule has 104 valence electrons. The standard InChI is InChI=1S/C17H14N2O2/c20-14-7-6-13-8-9-18-16(15(13)10-14)17(21)19-11-12-4-2-1-3-5-12/h1-10,20H,11H2,(H,19,21). The molecule has 0 spiro atoms. The van der Waals surface area contributed by atoms with Crippen LogP contribution < -0.4 is 5.32 Å². The van der Waals surface area contributed by atoms with E-state index in [1.54, 1.807) is 24.4 Å². The molecule has 0 fully saturated rings. The van der Waals surface area contributed by atoms with Crippen LogP contribution in [0.5, 0.6) is 5.75 Å². The number of rotatable bonds is 3. The molecule has 3 aromatic rings. The van der Waals surface area contributed by atoms with Crippen LogP contribution in [0.1, 0.15) is 16.1 Å². The van der Waals surface area contributed by atoms with Crippen molar-refractivity contribution < 1.29 is 9.90 Å². The van der Waals surface area contributed by atoms with Gasteiger partial charge in [-0.2, -0.15) is 0 Å². The molecule has 0 aliphatic carbocycles. The Morgan fingerprint density at radius 1 is 1.10 bits per heavy atom. The summed E-state index contributed by atoms with van der Waals surface area (Å²) in [5.41, 5.74) is 1.34. The lowest BCUT2D eigenvalue weighted by Gasteiger charge is -2.07. The number of fused-ring (bicyclic) bond motifs is 1. The summed E-state index contributed by atoms with van der Waals surface area (Å²) < 4.78 is 0. The number of benzene rings is 2. The molecule has 0 atom stereocenters. The number of aromatic nitrogens is 1. The van der Waals surface area contributed by atoms with Crippen LogP contribution in [0.2, 0.25) is 0 Å². The average molecular weight is 278 g/mol. The number of carbonyl (C=O) groups excluding carboxylic acids is 1. The Labute approximate surface area is 122 Å². The number of hydrogen-bond donors (Lipinski definition) is 2. The van der Waals surface area contributed by atoms with E-state index in [1.807, 2.05) is 36.4 Å². The van der Waals surface area contributed by atoms with Gasteiger partial charge in [0.25, 0.3) is 5.91 Å². The third-order valence-electron chi connectivity index (χ3n) is 3.26. The second kappa shape index (κ2) is 5.63. The van der Waals surface area contributed by atoms with E-state index < -0.39 is 0 Å². The summed E-state index contributed by atoms with van der Waals surface area (Å²) in [7, 11) is 0. The van der Waals surface area contributed by atoms with E-state index in [0.717, 1.165) is 10.9 Å². The average Bonchev–Trinajstić information content (AvgIpc) is 2.53. The predicted octanol–water partition coefficient (Wildman–Crippen LogP) is 2.87. The first kappa shape index (κ1) is 13.1. The fourth-order valence-corrected chi connectivity index (χ4v) is 2.20. The summed E-state index contributed by atoms with van der Waals surface area (Å²) in [5, 5.41) is 13.9. The van der Waals surface area contributed by atoms with Crippen molar-refractivity contribution in [2.24, 2.45) is 0 Å². The number of amides is 1. The fourth-order valence-electron chi connectivity index (χ4n) is 2.20. The number of aromatic hydroxyl groups is 1. The molecule has 2 aromatic carbocycles. The smallest absolute Gasteiger partial charge is 0.270 e. The molecule has 0 radical (unpaired) electrons. The summed E-state index contributed by atoms with van der Waals surface area (Å²) in [6, 6.07) is 16.4. The van der Waals surface area contributed by atoms with Crippen LogP contribution in [-0.2, 0) is 6.54 Å². The lowest BCUT2D eigenvalue weighted by molar-refractivity contribution is 0.0948. The van der Waals surface area contributed by atoms with Crippen molar-refractivity contribution in [3.63, 3.8) is 0 Å². The summed E-state index contributed by atoms with van der Waals surface area (Å²) in [5.74, 6) is -0.136. The zero-order valence-corrected chi connectivity index (χ0v) is 11.3. The predicted molar refractivity (Wildman–Crippen MR) is 81.0 cm³/mol. The molecule has 0 bridgehead atoms. The molecular formula is C17H14N2O2. The highest BCUT2D eigenvalue weighted by Crippen LogP contribution is 2.21. The van der Waals surface area contributed by atoms with Gasteiger partial charge in [0.05, 0.1) is 0 Å². The Kier molecular flexibility index (Phi) is 3.51. The zero-order chi connectivity index (χ0) is 14.7. The molecule has 0 saturated carbocycles. The minimum Gasteiger partial charge on any atom is -0.508 e. The molecular weight excluding hydrogens is 264 g/mol. The molecule has 2 N–H and O–H groups in total. The minimum atomic E-state index is -0.255. The number of phenols is 1. The molecule has 21 heavy (non-hydrogen) atoms. The molecule has 1 heterocycles. The third kappa shape index (κ3) is 2.84. The van der Waals surface area contributed by atoms with Gasteiger partial charge in [-0.25, -0.2) is 0 Å². The molecule has 3 rings (SSSR count). The molecule has 4 heteroatoms. The molecule has 1 amide bonds. The van der Waals surface area contributed by atoms with E-state index in [-0.39, 0.29) is 11.7 Å². The van der Waals surface area contributed by atoms with E-state index in [2.05, 4.69) is 10.3 Å². The van der Waals surface area contributed by atoms with Crippen molar-refractivity contribution in [3.05, 3.63) is 72.1 Å². The maximum atomic E-state index is 12.3. The molecule has 0 unspecified atom stereocenters. The quantitative estimate of drug-likeness (QED) is 0.774. The van der Waals surface area contributed by atoms with Crippen molar-refractivity contribution in [3.8, 4) is 5.75 Å². The molecule has 4 nitrogen and oxygen atoms in total. The van der Waals surface area contributed by atoms with Gasteiger partial charge in [-0.3, -0.25) is 9.78 Å². The number of nitrogens with zero attached hydrogens (tertiary/aromatic N) is 1. The van der Waals surface area contributed by atoms with E-state index in [0.29, 0.717) is 17.6 Å². The van der Waals surface area contributed by atoms with Gasteiger partial charge in [0.15, 0.2) is 0 Å². The first-order valence-electron chi connectivity index (χ1n) is 6.64. The van der Waals surface area contributed by atoms with Gasteiger partial charge in [0.2, 0.25) is 0 Å². The van der Waals surface area contributed by atoms with Crippen molar-refractivity contribution >= 4 is 16.7 Å². The Bertz CT molecular complexity index is 785. The second-order valence-corrected chi connectivity index (χ2v) is 4.73. The van der Waals surface area contributed by atoms with Crippen LogP contribution in [0.15, 0.2) is 60.8 Å². The van der Waals surface area contributed by atoms with Crippen molar-refractivity contribution in [2.45, 2.75) is 6.54 Å². The van der Waals surface area contributed by atoms with Crippen molar-refractivity contribution in [2.75, 3.05) is 0 Å². The van der Waals surface area contributed by atoms with E-state index >= 15 is 0 Å². The summed E-state index contributed by atoms with van der Waals surface area (Å²) in [6.07, 6.45) is 1.59. The number of phenolic OH excluding ortho intramolecular Hbond substituents is 1. The van der Waals surface area contributed by atoms with Gasteiger partial charge in [-0.15, -0.1) is 0 Å². The van der Waals surface area contributed by atoms with Crippen LogP contribution in [0.3, 0.4) is 0 Å². The summed E-state index contributed by atoms with van der Waals surface area (Å²) in [4.78, 5) is 16.4. The van der Waals surface area contributed by atoms with Crippen LogP contribution in [0, 0.1) is 0 Å². The highest BCUT2D eigenvalue weighted by atomic mass is 16.3. The SMILES string of the molecule is O=C(NCc1ccccc1)c1nccc2ccc(O)cc12. The van der Waals surface area contributed by atoms with Crippen molar-refractivity contribution in [1.29, 1.82) is 0 Å². The third-order valence-corrected chi connectivity index (χ3v) is 3.26. The lowest BCUT2D eigenvalue weighted by atomic mass is 10.1. The largest absolute Gasteiger partial charge is 0.508 e. The Balaban J connectivity index is 1.86. The monoisotopic (exact) mass is 278 g/mol. The number of nitrogens with one attached hydrogen (secondary N) is 1. The van der Waals surface area contributed by atoms with Gasteiger partial charge >= 0.3 is 0 Å². The van der Waals surface area contributed by atoms with E-state index in [4.69, 9.17) is 0 Å². The van der Waals surface area contributed by atoms with E-state index in [1.165, 1.54) is 0 Å². The van der Waals surface area contributed by atoms with E-state index in [9.17, 15) is 9.90 Å². The number of carbonyl (C=O) groups is 1. The maximum absolute atomic E-state index is 12.3. The number of pyridine rings is 1. The van der Waals surface area contributed by atoms with Crippen LogP contribution >= 0.6 is 0 Å². The highest BCUT2D eigenvalue weighted by molar-refractivity contribution is 6.05. The normalized spacial score (nSPS) is 10.5. The lowest BCUT2D eigenvalue weighted by Crippen LogP contribution is -2.24. The van der Waals surface area contributed by atoms with Crippen LogP contribution in [0.25, 0.3) is 10.8 Å². The first-order chi connectivity index (χ1) is 10.2. The van der Waals surface area contributed by atoms with Gasteiger partial charge in [0, 0.05) is 18.1 Å².